The maximum atomic E-state index is 12.5. The number of carbonyl (C=O) groups excluding carboxylic acids is 2. The van der Waals surface area contributed by atoms with Gasteiger partial charge in [0.15, 0.2) is 0 Å². The van der Waals surface area contributed by atoms with Crippen molar-refractivity contribution in [2.75, 3.05) is 18.5 Å². The van der Waals surface area contributed by atoms with E-state index in [9.17, 15) is 14.7 Å². The third-order valence-corrected chi connectivity index (χ3v) is 3.85. The van der Waals surface area contributed by atoms with Gasteiger partial charge in [0.05, 0.1) is 17.9 Å². The predicted molar refractivity (Wildman–Crippen MR) is 99.1 cm³/mol. The van der Waals surface area contributed by atoms with Crippen LogP contribution >= 0.6 is 0 Å². The molecule has 1 amide bonds. The summed E-state index contributed by atoms with van der Waals surface area (Å²) >= 11 is 0. The summed E-state index contributed by atoms with van der Waals surface area (Å²) in [5.74, 6) is -0.762. The first-order chi connectivity index (χ1) is 12.6. The Kier molecular flexibility index (Phi) is 7.17. The first-order valence-corrected chi connectivity index (χ1v) is 8.57. The fraction of sp³-hybridized carbons (Fsp3) is 0.300. The third kappa shape index (κ3) is 4.83. The minimum absolute atomic E-state index is 0.0398. The molecule has 0 saturated carbocycles. The van der Waals surface area contributed by atoms with Gasteiger partial charge in [-0.2, -0.15) is 0 Å². The standard InChI is InChI=1S/C20H23NO5/c1-2-18(24)21-19-15(14-8-3-4-11-17(14)23)9-7-10-16(19)20(25)26-13-6-5-12-22/h3-4,7-11,22-23H,2,5-6,12-13H2,1H3,(H,21,24). The van der Waals surface area contributed by atoms with Crippen LogP contribution in [-0.4, -0.2) is 35.3 Å². The summed E-state index contributed by atoms with van der Waals surface area (Å²) < 4.78 is 5.24. The highest BCUT2D eigenvalue weighted by Gasteiger charge is 2.20. The average molecular weight is 357 g/mol. The quantitative estimate of drug-likeness (QED) is 0.497. The fourth-order valence-corrected chi connectivity index (χ4v) is 2.47. The Hall–Kier alpha value is -2.86. The van der Waals surface area contributed by atoms with E-state index in [1.807, 2.05) is 0 Å². The monoisotopic (exact) mass is 357 g/mol. The number of nitrogens with one attached hydrogen (secondary N) is 1. The van der Waals surface area contributed by atoms with E-state index in [1.54, 1.807) is 49.4 Å². The summed E-state index contributed by atoms with van der Waals surface area (Å²) in [4.78, 5) is 24.4. The van der Waals surface area contributed by atoms with E-state index in [0.29, 0.717) is 29.7 Å². The molecule has 0 saturated heterocycles. The zero-order valence-corrected chi connectivity index (χ0v) is 14.7. The van der Waals surface area contributed by atoms with Crippen LogP contribution in [0.1, 0.15) is 36.5 Å². The predicted octanol–water partition coefficient (Wildman–Crippen LogP) is 3.34. The molecule has 2 rings (SSSR count). The normalized spacial score (nSPS) is 10.4. The molecule has 138 valence electrons. The number of aromatic hydroxyl groups is 1. The molecular formula is C20H23NO5. The van der Waals surface area contributed by atoms with Crippen molar-refractivity contribution >= 4 is 17.6 Å². The highest BCUT2D eigenvalue weighted by molar-refractivity contribution is 6.06. The molecule has 26 heavy (non-hydrogen) atoms. The molecule has 0 bridgehead atoms. The van der Waals surface area contributed by atoms with Crippen LogP contribution < -0.4 is 5.32 Å². The van der Waals surface area contributed by atoms with Crippen LogP contribution in [-0.2, 0) is 9.53 Å². The number of benzene rings is 2. The molecule has 3 N–H and O–H groups in total. The summed E-state index contributed by atoms with van der Waals surface area (Å²) in [5.41, 5.74) is 1.58. The fourth-order valence-electron chi connectivity index (χ4n) is 2.47. The van der Waals surface area contributed by atoms with Crippen molar-refractivity contribution in [1.29, 1.82) is 0 Å². The lowest BCUT2D eigenvalue weighted by Gasteiger charge is -2.16. The Morgan fingerprint density at radius 3 is 2.46 bits per heavy atom. The van der Waals surface area contributed by atoms with Gasteiger partial charge in [0, 0.05) is 24.2 Å². The van der Waals surface area contributed by atoms with Crippen LogP contribution in [0.2, 0.25) is 0 Å². The van der Waals surface area contributed by atoms with E-state index in [4.69, 9.17) is 9.84 Å². The second kappa shape index (κ2) is 9.58. The molecule has 0 atom stereocenters. The number of rotatable bonds is 8. The van der Waals surface area contributed by atoms with E-state index in [2.05, 4.69) is 5.32 Å². The van der Waals surface area contributed by atoms with Crippen LogP contribution in [0.4, 0.5) is 5.69 Å². The molecule has 0 spiro atoms. The first kappa shape index (κ1) is 19.5. The van der Waals surface area contributed by atoms with Gasteiger partial charge in [-0.25, -0.2) is 4.79 Å². The number of hydrogen-bond donors (Lipinski definition) is 3. The molecule has 0 aliphatic heterocycles. The number of carbonyl (C=O) groups is 2. The van der Waals surface area contributed by atoms with Crippen molar-refractivity contribution in [2.45, 2.75) is 26.2 Å². The van der Waals surface area contributed by atoms with Gasteiger partial charge in [0.2, 0.25) is 5.91 Å². The smallest absolute Gasteiger partial charge is 0.340 e. The molecule has 2 aromatic carbocycles. The maximum Gasteiger partial charge on any atom is 0.340 e. The number of phenols is 1. The number of aliphatic hydroxyl groups excluding tert-OH is 1. The minimum Gasteiger partial charge on any atom is -0.507 e. The SMILES string of the molecule is CCC(=O)Nc1c(C(=O)OCCCCO)cccc1-c1ccccc1O. The van der Waals surface area contributed by atoms with Crippen molar-refractivity contribution < 1.29 is 24.5 Å². The average Bonchev–Trinajstić information content (AvgIpc) is 2.65. The van der Waals surface area contributed by atoms with Crippen LogP contribution in [0.25, 0.3) is 11.1 Å². The van der Waals surface area contributed by atoms with E-state index in [1.165, 1.54) is 0 Å². The molecular weight excluding hydrogens is 334 g/mol. The van der Waals surface area contributed by atoms with Crippen molar-refractivity contribution in [3.05, 3.63) is 48.0 Å². The largest absolute Gasteiger partial charge is 0.507 e. The molecule has 2 aromatic rings. The molecule has 0 aromatic heterocycles. The van der Waals surface area contributed by atoms with Gasteiger partial charge in [-0.05, 0) is 25.0 Å². The van der Waals surface area contributed by atoms with Gasteiger partial charge < -0.3 is 20.3 Å². The number of anilines is 1. The third-order valence-electron chi connectivity index (χ3n) is 3.85. The van der Waals surface area contributed by atoms with Gasteiger partial charge in [0.25, 0.3) is 0 Å². The summed E-state index contributed by atoms with van der Waals surface area (Å²) in [5, 5.41) is 21.7. The molecule has 0 heterocycles. The minimum atomic E-state index is -0.563. The van der Waals surface area contributed by atoms with E-state index in [-0.39, 0.29) is 36.9 Å². The van der Waals surface area contributed by atoms with Gasteiger partial charge >= 0.3 is 5.97 Å². The van der Waals surface area contributed by atoms with Crippen LogP contribution in [0, 0.1) is 0 Å². The lowest BCUT2D eigenvalue weighted by Crippen LogP contribution is -2.16. The number of para-hydroxylation sites is 2. The van der Waals surface area contributed by atoms with E-state index < -0.39 is 5.97 Å². The molecule has 0 aliphatic rings. The molecule has 0 unspecified atom stereocenters. The number of hydrogen-bond acceptors (Lipinski definition) is 5. The van der Waals surface area contributed by atoms with Crippen molar-refractivity contribution in [3.8, 4) is 16.9 Å². The number of unbranched alkanes of at least 4 members (excludes halogenated alkanes) is 1. The molecule has 0 radical (unpaired) electrons. The lowest BCUT2D eigenvalue weighted by molar-refractivity contribution is -0.115. The second-order valence-corrected chi connectivity index (χ2v) is 5.71. The summed E-state index contributed by atoms with van der Waals surface area (Å²) in [6.45, 7) is 1.93. The number of esters is 1. The topological polar surface area (TPSA) is 95.9 Å². The summed E-state index contributed by atoms with van der Waals surface area (Å²) in [6.07, 6.45) is 1.35. The molecule has 6 nitrogen and oxygen atoms in total. The van der Waals surface area contributed by atoms with Gasteiger partial charge in [-0.3, -0.25) is 4.79 Å². The Labute approximate surface area is 152 Å². The second-order valence-electron chi connectivity index (χ2n) is 5.71. The molecule has 0 fully saturated rings. The number of amides is 1. The van der Waals surface area contributed by atoms with Crippen LogP contribution in [0.5, 0.6) is 5.75 Å². The van der Waals surface area contributed by atoms with Gasteiger partial charge in [0.1, 0.15) is 5.75 Å². The Morgan fingerprint density at radius 1 is 1.04 bits per heavy atom. The Balaban J connectivity index is 2.41. The maximum absolute atomic E-state index is 12.5. The highest BCUT2D eigenvalue weighted by atomic mass is 16.5. The Morgan fingerprint density at radius 2 is 1.77 bits per heavy atom. The first-order valence-electron chi connectivity index (χ1n) is 8.57. The van der Waals surface area contributed by atoms with Crippen LogP contribution in [0.3, 0.4) is 0 Å². The molecule has 6 heteroatoms. The summed E-state index contributed by atoms with van der Waals surface area (Å²) in [6, 6.07) is 11.7. The van der Waals surface area contributed by atoms with Gasteiger partial charge in [-0.1, -0.05) is 37.3 Å². The summed E-state index contributed by atoms with van der Waals surface area (Å²) in [7, 11) is 0. The van der Waals surface area contributed by atoms with Gasteiger partial charge in [-0.15, -0.1) is 0 Å². The number of phenolic OH excluding ortho intramolecular Hbond substituents is 1. The van der Waals surface area contributed by atoms with E-state index >= 15 is 0 Å². The number of ether oxygens (including phenoxy) is 1. The van der Waals surface area contributed by atoms with Crippen LogP contribution in [0.15, 0.2) is 42.5 Å². The highest BCUT2D eigenvalue weighted by Crippen LogP contribution is 2.36. The Bertz CT molecular complexity index is 773. The van der Waals surface area contributed by atoms with Crippen molar-refractivity contribution in [3.63, 3.8) is 0 Å². The van der Waals surface area contributed by atoms with E-state index in [0.717, 1.165) is 0 Å². The lowest BCUT2D eigenvalue weighted by atomic mass is 9.99. The zero-order chi connectivity index (χ0) is 18.9. The number of aliphatic hydroxyl groups is 1. The van der Waals surface area contributed by atoms with Crippen molar-refractivity contribution in [2.24, 2.45) is 0 Å². The van der Waals surface area contributed by atoms with Crippen molar-refractivity contribution in [1.82, 2.24) is 0 Å². The zero-order valence-electron chi connectivity index (χ0n) is 14.7. The molecule has 0 aliphatic carbocycles.